The van der Waals surface area contributed by atoms with Gasteiger partial charge in [-0.25, -0.2) is 0 Å². The standard InChI is InChI=1S/C15H29NO2/c1-14(2,3)18-11-13(16)12-6-9-17-15(10-12)7-4-5-8-15/h12-13H,4-11,16H2,1-3H3. The van der Waals surface area contributed by atoms with E-state index >= 15 is 0 Å². The Labute approximate surface area is 111 Å². The highest BCUT2D eigenvalue weighted by molar-refractivity contribution is 4.93. The van der Waals surface area contributed by atoms with E-state index in [-0.39, 0.29) is 17.2 Å². The molecule has 1 saturated heterocycles. The van der Waals surface area contributed by atoms with Crippen molar-refractivity contribution in [2.24, 2.45) is 11.7 Å². The van der Waals surface area contributed by atoms with Gasteiger partial charge in [0.2, 0.25) is 0 Å². The van der Waals surface area contributed by atoms with Crippen LogP contribution in [0.25, 0.3) is 0 Å². The van der Waals surface area contributed by atoms with Gasteiger partial charge in [-0.1, -0.05) is 12.8 Å². The van der Waals surface area contributed by atoms with Crippen molar-refractivity contribution in [1.82, 2.24) is 0 Å². The van der Waals surface area contributed by atoms with Gasteiger partial charge in [-0.05, 0) is 52.4 Å². The number of hydrogen-bond acceptors (Lipinski definition) is 3. The molecule has 106 valence electrons. The summed E-state index contributed by atoms with van der Waals surface area (Å²) < 4.78 is 11.9. The van der Waals surface area contributed by atoms with Crippen LogP contribution in [-0.2, 0) is 9.47 Å². The molecule has 1 spiro atoms. The van der Waals surface area contributed by atoms with E-state index in [1.165, 1.54) is 25.7 Å². The van der Waals surface area contributed by atoms with Crippen molar-refractivity contribution in [2.75, 3.05) is 13.2 Å². The highest BCUT2D eigenvalue weighted by Crippen LogP contribution is 2.42. The topological polar surface area (TPSA) is 44.5 Å². The molecule has 2 atom stereocenters. The van der Waals surface area contributed by atoms with Crippen LogP contribution in [0.3, 0.4) is 0 Å². The van der Waals surface area contributed by atoms with Crippen molar-refractivity contribution < 1.29 is 9.47 Å². The Morgan fingerprint density at radius 1 is 1.33 bits per heavy atom. The molecule has 2 rings (SSSR count). The van der Waals surface area contributed by atoms with Crippen molar-refractivity contribution in [3.8, 4) is 0 Å². The lowest BCUT2D eigenvalue weighted by Crippen LogP contribution is -2.46. The maximum atomic E-state index is 6.33. The molecule has 2 aliphatic rings. The minimum Gasteiger partial charge on any atom is -0.375 e. The molecule has 2 unspecified atom stereocenters. The van der Waals surface area contributed by atoms with E-state index in [4.69, 9.17) is 15.2 Å². The monoisotopic (exact) mass is 255 g/mol. The fourth-order valence-electron chi connectivity index (χ4n) is 3.28. The summed E-state index contributed by atoms with van der Waals surface area (Å²) in [5, 5.41) is 0. The predicted molar refractivity (Wildman–Crippen MR) is 73.6 cm³/mol. The Balaban J connectivity index is 1.84. The maximum Gasteiger partial charge on any atom is 0.0685 e. The molecular formula is C15H29NO2. The Morgan fingerprint density at radius 2 is 2.00 bits per heavy atom. The summed E-state index contributed by atoms with van der Waals surface area (Å²) in [4.78, 5) is 0. The van der Waals surface area contributed by atoms with Gasteiger partial charge in [0.1, 0.15) is 0 Å². The Morgan fingerprint density at radius 3 is 2.61 bits per heavy atom. The van der Waals surface area contributed by atoms with Gasteiger partial charge in [-0.15, -0.1) is 0 Å². The summed E-state index contributed by atoms with van der Waals surface area (Å²) >= 11 is 0. The number of rotatable bonds is 3. The van der Waals surface area contributed by atoms with Crippen LogP contribution < -0.4 is 5.73 Å². The van der Waals surface area contributed by atoms with Crippen molar-refractivity contribution in [3.63, 3.8) is 0 Å². The van der Waals surface area contributed by atoms with Gasteiger partial charge in [-0.3, -0.25) is 0 Å². The van der Waals surface area contributed by atoms with Crippen LogP contribution in [0.1, 0.15) is 59.3 Å². The second-order valence-electron chi connectivity index (χ2n) is 7.08. The Bertz CT molecular complexity index is 266. The molecule has 0 aromatic carbocycles. The quantitative estimate of drug-likeness (QED) is 0.843. The fourth-order valence-corrected chi connectivity index (χ4v) is 3.28. The average Bonchev–Trinajstić information content (AvgIpc) is 2.73. The molecule has 0 amide bonds. The molecule has 1 saturated carbocycles. The number of hydrogen-bond donors (Lipinski definition) is 1. The number of nitrogens with two attached hydrogens (primary N) is 1. The van der Waals surface area contributed by atoms with Gasteiger partial charge < -0.3 is 15.2 Å². The first-order chi connectivity index (χ1) is 8.40. The minimum atomic E-state index is -0.0895. The molecule has 3 heteroatoms. The summed E-state index contributed by atoms with van der Waals surface area (Å²) in [5.74, 6) is 0.569. The van der Waals surface area contributed by atoms with E-state index in [0.29, 0.717) is 12.5 Å². The third-order valence-corrected chi connectivity index (χ3v) is 4.36. The van der Waals surface area contributed by atoms with Crippen molar-refractivity contribution in [2.45, 2.75) is 76.5 Å². The van der Waals surface area contributed by atoms with Crippen LogP contribution in [0.2, 0.25) is 0 Å². The number of ether oxygens (including phenoxy) is 2. The van der Waals surface area contributed by atoms with E-state index < -0.39 is 0 Å². The molecule has 2 N–H and O–H groups in total. The van der Waals surface area contributed by atoms with E-state index in [1.54, 1.807) is 0 Å². The predicted octanol–water partition coefficient (Wildman–Crippen LogP) is 2.87. The third kappa shape index (κ3) is 3.69. The van der Waals surface area contributed by atoms with E-state index in [2.05, 4.69) is 20.8 Å². The van der Waals surface area contributed by atoms with Crippen LogP contribution in [0, 0.1) is 5.92 Å². The molecule has 1 heterocycles. The average molecular weight is 255 g/mol. The molecule has 0 bridgehead atoms. The van der Waals surface area contributed by atoms with Gasteiger partial charge in [-0.2, -0.15) is 0 Å². The van der Waals surface area contributed by atoms with Gasteiger partial charge >= 0.3 is 0 Å². The largest absolute Gasteiger partial charge is 0.375 e. The Hall–Kier alpha value is -0.120. The van der Waals surface area contributed by atoms with E-state index in [1.807, 2.05) is 0 Å². The third-order valence-electron chi connectivity index (χ3n) is 4.36. The normalized spacial score (nSPS) is 29.7. The molecule has 2 fully saturated rings. The lowest BCUT2D eigenvalue weighted by Gasteiger charge is -2.40. The zero-order chi connectivity index (χ0) is 13.2. The second-order valence-corrected chi connectivity index (χ2v) is 7.08. The molecular weight excluding hydrogens is 226 g/mol. The van der Waals surface area contributed by atoms with Crippen molar-refractivity contribution >= 4 is 0 Å². The van der Waals surface area contributed by atoms with Gasteiger partial charge in [0.15, 0.2) is 0 Å². The Kier molecular flexibility index (Phi) is 4.35. The highest BCUT2D eigenvalue weighted by Gasteiger charge is 2.41. The van der Waals surface area contributed by atoms with Crippen molar-refractivity contribution in [3.05, 3.63) is 0 Å². The zero-order valence-electron chi connectivity index (χ0n) is 12.2. The smallest absolute Gasteiger partial charge is 0.0685 e. The summed E-state index contributed by atoms with van der Waals surface area (Å²) in [6.45, 7) is 7.81. The first-order valence-corrected chi connectivity index (χ1v) is 7.44. The van der Waals surface area contributed by atoms with Crippen molar-refractivity contribution in [1.29, 1.82) is 0 Å². The van der Waals surface area contributed by atoms with Crippen LogP contribution in [0.4, 0.5) is 0 Å². The van der Waals surface area contributed by atoms with Crippen LogP contribution in [-0.4, -0.2) is 30.5 Å². The zero-order valence-corrected chi connectivity index (χ0v) is 12.2. The SMILES string of the molecule is CC(C)(C)OCC(N)C1CCOC2(CCCC2)C1. The van der Waals surface area contributed by atoms with Crippen LogP contribution in [0.15, 0.2) is 0 Å². The first kappa shape index (κ1) is 14.3. The summed E-state index contributed by atoms with van der Waals surface area (Å²) in [5.41, 5.74) is 6.41. The summed E-state index contributed by atoms with van der Waals surface area (Å²) in [6.07, 6.45) is 7.34. The van der Waals surface area contributed by atoms with Crippen LogP contribution in [0.5, 0.6) is 0 Å². The minimum absolute atomic E-state index is 0.0895. The van der Waals surface area contributed by atoms with Gasteiger partial charge in [0.25, 0.3) is 0 Å². The van der Waals surface area contributed by atoms with Gasteiger partial charge in [0.05, 0.1) is 17.8 Å². The molecule has 1 aliphatic heterocycles. The molecule has 18 heavy (non-hydrogen) atoms. The molecule has 3 nitrogen and oxygen atoms in total. The fraction of sp³-hybridized carbons (Fsp3) is 1.00. The summed E-state index contributed by atoms with van der Waals surface area (Å²) in [6, 6.07) is 0.158. The molecule has 1 aliphatic carbocycles. The highest BCUT2D eigenvalue weighted by atomic mass is 16.5. The lowest BCUT2D eigenvalue weighted by molar-refractivity contribution is -0.104. The molecule has 0 radical (unpaired) electrons. The molecule has 0 aromatic heterocycles. The summed E-state index contributed by atoms with van der Waals surface area (Å²) in [7, 11) is 0. The van der Waals surface area contributed by atoms with Gasteiger partial charge in [0, 0.05) is 12.6 Å². The first-order valence-electron chi connectivity index (χ1n) is 7.44. The second kappa shape index (κ2) is 5.48. The van der Waals surface area contributed by atoms with E-state index in [9.17, 15) is 0 Å². The van der Waals surface area contributed by atoms with E-state index in [0.717, 1.165) is 19.4 Å². The van der Waals surface area contributed by atoms with Crippen LogP contribution >= 0.6 is 0 Å². The lowest BCUT2D eigenvalue weighted by atomic mass is 9.81. The maximum absolute atomic E-state index is 6.33. The molecule has 0 aromatic rings.